The Labute approximate surface area is 194 Å². The number of carbonyl (C=O) groups is 3. The SMILES string of the molecule is O=C(Nc1ccc2c(c1)OCO2)c1nnc(C(=O)N2CCC(C(=O)NC3CCCC3)CC2)s1. The molecule has 2 aliphatic heterocycles. The summed E-state index contributed by atoms with van der Waals surface area (Å²) in [6.45, 7) is 1.12. The van der Waals surface area contributed by atoms with E-state index in [4.69, 9.17) is 9.47 Å². The molecule has 1 saturated heterocycles. The summed E-state index contributed by atoms with van der Waals surface area (Å²) in [6.07, 6.45) is 5.73. The second-order valence-corrected chi connectivity index (χ2v) is 9.47. The van der Waals surface area contributed by atoms with Gasteiger partial charge < -0.3 is 25.0 Å². The van der Waals surface area contributed by atoms with Crippen LogP contribution in [0, 0.1) is 5.92 Å². The molecule has 3 aliphatic rings. The maximum absolute atomic E-state index is 12.8. The standard InChI is InChI=1S/C22H25N5O5S/c28-18(23-14-3-1-2-4-14)13-7-9-27(10-8-13)22(30)21-26-25-20(33-21)19(29)24-15-5-6-16-17(11-15)32-12-31-16/h5-6,11,13-14H,1-4,7-10,12H2,(H,23,28)(H,24,29). The monoisotopic (exact) mass is 471 g/mol. The molecule has 11 heteroatoms. The van der Waals surface area contributed by atoms with Crippen LogP contribution >= 0.6 is 11.3 Å². The van der Waals surface area contributed by atoms with Crippen molar-refractivity contribution in [1.82, 2.24) is 20.4 Å². The van der Waals surface area contributed by atoms with Crippen molar-refractivity contribution in [2.24, 2.45) is 5.92 Å². The normalized spacial score (nSPS) is 18.4. The van der Waals surface area contributed by atoms with E-state index in [0.717, 1.165) is 24.2 Å². The van der Waals surface area contributed by atoms with Gasteiger partial charge in [0.25, 0.3) is 11.8 Å². The van der Waals surface area contributed by atoms with E-state index in [0.29, 0.717) is 49.2 Å². The highest BCUT2D eigenvalue weighted by Gasteiger charge is 2.31. The van der Waals surface area contributed by atoms with Crippen LogP contribution in [0.3, 0.4) is 0 Å². The Balaban J connectivity index is 1.14. The smallest absolute Gasteiger partial charge is 0.286 e. The number of likely N-dealkylation sites (tertiary alicyclic amines) is 1. The van der Waals surface area contributed by atoms with Crippen LogP contribution in [0.4, 0.5) is 5.69 Å². The first-order valence-corrected chi connectivity index (χ1v) is 12.0. The van der Waals surface area contributed by atoms with Crippen molar-refractivity contribution in [2.45, 2.75) is 44.6 Å². The minimum Gasteiger partial charge on any atom is -0.454 e. The quantitative estimate of drug-likeness (QED) is 0.687. The summed E-state index contributed by atoms with van der Waals surface area (Å²) in [5.41, 5.74) is 0.533. The first-order valence-electron chi connectivity index (χ1n) is 11.2. The molecule has 3 amide bonds. The number of nitrogens with one attached hydrogen (secondary N) is 2. The topological polar surface area (TPSA) is 123 Å². The van der Waals surface area contributed by atoms with Gasteiger partial charge in [-0.05, 0) is 37.8 Å². The molecule has 2 aromatic rings. The molecular weight excluding hydrogens is 446 g/mol. The molecule has 2 fully saturated rings. The van der Waals surface area contributed by atoms with Crippen molar-refractivity contribution in [1.29, 1.82) is 0 Å². The van der Waals surface area contributed by atoms with E-state index in [9.17, 15) is 14.4 Å². The van der Waals surface area contributed by atoms with E-state index < -0.39 is 5.91 Å². The highest BCUT2D eigenvalue weighted by Crippen LogP contribution is 2.34. The number of amides is 3. The van der Waals surface area contributed by atoms with Crippen LogP contribution in [0.2, 0.25) is 0 Å². The Morgan fingerprint density at radius 1 is 0.970 bits per heavy atom. The lowest BCUT2D eigenvalue weighted by Crippen LogP contribution is -2.44. The Kier molecular flexibility index (Phi) is 6.12. The molecule has 0 atom stereocenters. The summed E-state index contributed by atoms with van der Waals surface area (Å²) in [4.78, 5) is 39.6. The molecule has 1 aliphatic carbocycles. The van der Waals surface area contributed by atoms with Crippen LogP contribution in [0.25, 0.3) is 0 Å². The molecule has 5 rings (SSSR count). The second-order valence-electron chi connectivity index (χ2n) is 8.49. The van der Waals surface area contributed by atoms with Crippen LogP contribution in [-0.4, -0.2) is 58.7 Å². The van der Waals surface area contributed by atoms with E-state index in [1.54, 1.807) is 23.1 Å². The largest absolute Gasteiger partial charge is 0.454 e. The van der Waals surface area contributed by atoms with Gasteiger partial charge >= 0.3 is 0 Å². The number of ether oxygens (including phenoxy) is 2. The van der Waals surface area contributed by atoms with Crippen molar-refractivity contribution >= 4 is 34.7 Å². The number of aromatic nitrogens is 2. The van der Waals surface area contributed by atoms with Crippen molar-refractivity contribution in [3.05, 3.63) is 28.2 Å². The third-order valence-corrected chi connectivity index (χ3v) is 7.20. The summed E-state index contributed by atoms with van der Waals surface area (Å²) >= 11 is 0.955. The zero-order valence-corrected chi connectivity index (χ0v) is 18.9. The van der Waals surface area contributed by atoms with Gasteiger partial charge in [0.1, 0.15) is 0 Å². The molecule has 174 valence electrons. The average Bonchev–Trinajstić information content (AvgIpc) is 3.60. The van der Waals surface area contributed by atoms with Crippen LogP contribution in [0.1, 0.15) is 58.1 Å². The van der Waals surface area contributed by atoms with E-state index in [1.807, 2.05) is 0 Å². The van der Waals surface area contributed by atoms with Crippen molar-refractivity contribution in [2.75, 3.05) is 25.2 Å². The van der Waals surface area contributed by atoms with Gasteiger partial charge in [0.05, 0.1) is 0 Å². The number of fused-ring (bicyclic) bond motifs is 1. The fourth-order valence-electron chi connectivity index (χ4n) is 4.43. The fraction of sp³-hybridized carbons (Fsp3) is 0.500. The molecule has 3 heterocycles. The molecule has 33 heavy (non-hydrogen) atoms. The number of hydrogen-bond donors (Lipinski definition) is 2. The number of rotatable bonds is 5. The van der Waals surface area contributed by atoms with Crippen LogP contribution < -0.4 is 20.1 Å². The lowest BCUT2D eigenvalue weighted by molar-refractivity contribution is -0.127. The van der Waals surface area contributed by atoms with E-state index in [-0.39, 0.29) is 34.5 Å². The molecule has 1 saturated carbocycles. The van der Waals surface area contributed by atoms with Crippen LogP contribution in [-0.2, 0) is 4.79 Å². The van der Waals surface area contributed by atoms with Gasteiger partial charge in [-0.3, -0.25) is 14.4 Å². The molecule has 1 aromatic carbocycles. The number of benzene rings is 1. The molecule has 0 bridgehead atoms. The van der Waals surface area contributed by atoms with Crippen molar-refractivity contribution in [3.8, 4) is 11.5 Å². The maximum Gasteiger partial charge on any atom is 0.286 e. The lowest BCUT2D eigenvalue weighted by Gasteiger charge is -2.31. The predicted octanol–water partition coefficient (Wildman–Crippen LogP) is 2.43. The van der Waals surface area contributed by atoms with Gasteiger partial charge in [0, 0.05) is 36.8 Å². The molecular formula is C22H25N5O5S. The van der Waals surface area contributed by atoms with Crippen LogP contribution in [0.5, 0.6) is 11.5 Å². The van der Waals surface area contributed by atoms with Crippen molar-refractivity contribution in [3.63, 3.8) is 0 Å². The first-order chi connectivity index (χ1) is 16.1. The van der Waals surface area contributed by atoms with E-state index in [1.165, 1.54) is 12.8 Å². The lowest BCUT2D eigenvalue weighted by atomic mass is 9.95. The Hall–Kier alpha value is -3.21. The minimum atomic E-state index is -0.451. The van der Waals surface area contributed by atoms with E-state index >= 15 is 0 Å². The van der Waals surface area contributed by atoms with Gasteiger partial charge in [-0.2, -0.15) is 0 Å². The fourth-order valence-corrected chi connectivity index (χ4v) is 5.14. The van der Waals surface area contributed by atoms with Gasteiger partial charge in [-0.25, -0.2) is 0 Å². The van der Waals surface area contributed by atoms with Gasteiger partial charge in [0.2, 0.25) is 22.7 Å². The average molecular weight is 472 g/mol. The third-order valence-electron chi connectivity index (χ3n) is 6.29. The Morgan fingerprint density at radius 3 is 2.48 bits per heavy atom. The molecule has 0 spiro atoms. The number of hydrogen-bond acceptors (Lipinski definition) is 8. The number of carbonyl (C=O) groups excluding carboxylic acids is 3. The molecule has 0 unspecified atom stereocenters. The molecule has 2 N–H and O–H groups in total. The van der Waals surface area contributed by atoms with Gasteiger partial charge in [0.15, 0.2) is 11.5 Å². The number of nitrogens with zero attached hydrogens (tertiary/aromatic N) is 3. The third kappa shape index (κ3) is 4.77. The molecule has 1 aromatic heterocycles. The van der Waals surface area contributed by atoms with Gasteiger partial charge in [-0.1, -0.05) is 24.2 Å². The zero-order chi connectivity index (χ0) is 22.8. The second kappa shape index (κ2) is 9.34. The summed E-state index contributed by atoms with van der Waals surface area (Å²) in [5, 5.41) is 14.0. The van der Waals surface area contributed by atoms with E-state index in [2.05, 4.69) is 20.8 Å². The molecule has 0 radical (unpaired) electrons. The Bertz CT molecular complexity index is 1060. The van der Waals surface area contributed by atoms with Gasteiger partial charge in [-0.15, -0.1) is 10.2 Å². The number of piperidine rings is 1. The highest BCUT2D eigenvalue weighted by molar-refractivity contribution is 7.15. The van der Waals surface area contributed by atoms with Crippen molar-refractivity contribution < 1.29 is 23.9 Å². The summed E-state index contributed by atoms with van der Waals surface area (Å²) in [7, 11) is 0. The first kappa shape index (κ1) is 21.6. The summed E-state index contributed by atoms with van der Waals surface area (Å²) in [6, 6.07) is 5.39. The Morgan fingerprint density at radius 2 is 1.70 bits per heavy atom. The summed E-state index contributed by atoms with van der Waals surface area (Å²) < 4.78 is 10.6. The summed E-state index contributed by atoms with van der Waals surface area (Å²) in [5.74, 6) is 0.509. The van der Waals surface area contributed by atoms with Crippen LogP contribution in [0.15, 0.2) is 18.2 Å². The molecule has 10 nitrogen and oxygen atoms in total. The maximum atomic E-state index is 12.8. The highest BCUT2D eigenvalue weighted by atomic mass is 32.1. The minimum absolute atomic E-state index is 0.0629. The number of anilines is 1. The predicted molar refractivity (Wildman–Crippen MR) is 119 cm³/mol. The zero-order valence-electron chi connectivity index (χ0n) is 18.0.